The van der Waals surface area contributed by atoms with E-state index in [1.807, 2.05) is 5.51 Å². The first kappa shape index (κ1) is 11.6. The zero-order valence-electron chi connectivity index (χ0n) is 9.70. The molecule has 16 heavy (non-hydrogen) atoms. The molecule has 1 aliphatic carbocycles. The predicted molar refractivity (Wildman–Crippen MR) is 68.3 cm³/mol. The van der Waals surface area contributed by atoms with Gasteiger partial charge in [-0.05, 0) is 32.6 Å². The van der Waals surface area contributed by atoms with Gasteiger partial charge in [0.05, 0.1) is 11.2 Å². The summed E-state index contributed by atoms with van der Waals surface area (Å²) in [4.78, 5) is 5.62. The number of nitrogens with one attached hydrogen (secondary N) is 1. The number of thiazole rings is 1. The van der Waals surface area contributed by atoms with Gasteiger partial charge in [0.15, 0.2) is 0 Å². The van der Waals surface area contributed by atoms with E-state index in [4.69, 9.17) is 6.42 Å². The second-order valence-electron chi connectivity index (χ2n) is 4.46. The summed E-state index contributed by atoms with van der Waals surface area (Å²) in [5.41, 5.74) is 3.08. The van der Waals surface area contributed by atoms with Gasteiger partial charge in [-0.1, -0.05) is 0 Å². The average Bonchev–Trinajstić information content (AvgIpc) is 2.73. The Hall–Kier alpha value is -0.850. The molecule has 0 amide bonds. The van der Waals surface area contributed by atoms with Crippen LogP contribution in [-0.4, -0.2) is 11.0 Å². The molecule has 2 rings (SSSR count). The molecule has 0 spiro atoms. The summed E-state index contributed by atoms with van der Waals surface area (Å²) in [5.74, 6) is 3.38. The second kappa shape index (κ2) is 5.47. The highest BCUT2D eigenvalue weighted by Crippen LogP contribution is 2.24. The Balaban J connectivity index is 1.76. The molecule has 1 aromatic heterocycles. The highest BCUT2D eigenvalue weighted by molar-refractivity contribution is 7.09. The molecule has 0 aromatic carbocycles. The quantitative estimate of drug-likeness (QED) is 0.813. The summed E-state index contributed by atoms with van der Waals surface area (Å²) in [6, 6.07) is 0.645. The number of aryl methyl sites for hydroxylation is 1. The lowest BCUT2D eigenvalue weighted by molar-refractivity contribution is 0.333. The van der Waals surface area contributed by atoms with E-state index >= 15 is 0 Å². The Kier molecular flexibility index (Phi) is 3.98. The molecule has 86 valence electrons. The molecule has 1 fully saturated rings. The van der Waals surface area contributed by atoms with Crippen molar-refractivity contribution in [3.63, 3.8) is 0 Å². The van der Waals surface area contributed by atoms with E-state index in [1.54, 1.807) is 11.3 Å². The molecule has 2 nitrogen and oxygen atoms in total. The predicted octanol–water partition coefficient (Wildman–Crippen LogP) is 2.73. The summed E-state index contributed by atoms with van der Waals surface area (Å²) in [6.07, 6.45) is 10.2. The Morgan fingerprint density at radius 2 is 2.25 bits per heavy atom. The van der Waals surface area contributed by atoms with Crippen molar-refractivity contribution in [2.75, 3.05) is 0 Å². The lowest BCUT2D eigenvalue weighted by Gasteiger charge is -2.26. The van der Waals surface area contributed by atoms with E-state index in [0.29, 0.717) is 12.0 Å². The van der Waals surface area contributed by atoms with Crippen LogP contribution in [0.1, 0.15) is 36.3 Å². The molecule has 1 aliphatic rings. The van der Waals surface area contributed by atoms with E-state index in [9.17, 15) is 0 Å². The number of terminal acetylenes is 1. The molecule has 1 heterocycles. The first-order valence-electron chi connectivity index (χ1n) is 5.88. The second-order valence-corrected chi connectivity index (χ2v) is 5.40. The summed E-state index contributed by atoms with van der Waals surface area (Å²) < 4.78 is 0. The van der Waals surface area contributed by atoms with Crippen LogP contribution in [0.5, 0.6) is 0 Å². The van der Waals surface area contributed by atoms with Crippen molar-refractivity contribution in [2.45, 2.75) is 45.2 Å². The van der Waals surface area contributed by atoms with Crippen molar-refractivity contribution in [2.24, 2.45) is 5.92 Å². The lowest BCUT2D eigenvalue weighted by Crippen LogP contribution is -2.32. The van der Waals surface area contributed by atoms with Crippen LogP contribution in [0.25, 0.3) is 0 Å². The molecule has 0 atom stereocenters. The molecule has 1 saturated carbocycles. The van der Waals surface area contributed by atoms with Gasteiger partial charge in [-0.15, -0.1) is 23.7 Å². The Morgan fingerprint density at radius 3 is 2.81 bits per heavy atom. The minimum atomic E-state index is 0.517. The standard InChI is InChI=1S/C13H18N2S/c1-3-11-4-6-12(7-5-11)14-8-13-10(2)15-9-16-13/h1,9,11-12,14H,4-8H2,2H3. The van der Waals surface area contributed by atoms with Gasteiger partial charge in [-0.3, -0.25) is 0 Å². The third-order valence-corrected chi connectivity index (χ3v) is 4.29. The number of aromatic nitrogens is 1. The number of hydrogen-bond donors (Lipinski definition) is 1. The SMILES string of the molecule is C#CC1CCC(NCc2scnc2C)CC1. The fraction of sp³-hybridized carbons (Fsp3) is 0.615. The molecule has 0 bridgehead atoms. The van der Waals surface area contributed by atoms with Crippen LogP contribution in [0.3, 0.4) is 0 Å². The summed E-state index contributed by atoms with van der Waals surface area (Å²) in [6.45, 7) is 3.03. The molecule has 3 heteroatoms. The zero-order chi connectivity index (χ0) is 11.4. The molecule has 0 saturated heterocycles. The van der Waals surface area contributed by atoms with Crippen LogP contribution in [0.4, 0.5) is 0 Å². The van der Waals surface area contributed by atoms with E-state index in [2.05, 4.69) is 23.1 Å². The van der Waals surface area contributed by atoms with E-state index in [-0.39, 0.29) is 0 Å². The van der Waals surface area contributed by atoms with E-state index in [0.717, 1.165) is 12.2 Å². The summed E-state index contributed by atoms with van der Waals surface area (Å²) >= 11 is 1.74. The van der Waals surface area contributed by atoms with Gasteiger partial charge in [-0.25, -0.2) is 4.98 Å². The van der Waals surface area contributed by atoms with Crippen molar-refractivity contribution in [3.05, 3.63) is 16.1 Å². The van der Waals surface area contributed by atoms with Crippen LogP contribution in [0.2, 0.25) is 0 Å². The van der Waals surface area contributed by atoms with Crippen LogP contribution in [0, 0.1) is 25.2 Å². The first-order valence-corrected chi connectivity index (χ1v) is 6.76. The molecule has 1 N–H and O–H groups in total. The molecular weight excluding hydrogens is 216 g/mol. The van der Waals surface area contributed by atoms with Gasteiger partial charge < -0.3 is 5.32 Å². The minimum Gasteiger partial charge on any atom is -0.309 e. The Bertz CT molecular complexity index is 370. The molecular formula is C13H18N2S. The minimum absolute atomic E-state index is 0.517. The molecule has 0 aliphatic heterocycles. The normalized spacial score (nSPS) is 25.2. The van der Waals surface area contributed by atoms with Crippen LogP contribution >= 0.6 is 11.3 Å². The maximum absolute atomic E-state index is 5.44. The molecule has 1 aromatic rings. The molecule has 0 radical (unpaired) electrons. The van der Waals surface area contributed by atoms with Crippen molar-refractivity contribution >= 4 is 11.3 Å². The van der Waals surface area contributed by atoms with Crippen molar-refractivity contribution in [3.8, 4) is 12.3 Å². The fourth-order valence-electron chi connectivity index (χ4n) is 2.20. The monoisotopic (exact) mass is 234 g/mol. The van der Waals surface area contributed by atoms with Crippen LogP contribution < -0.4 is 5.32 Å². The zero-order valence-corrected chi connectivity index (χ0v) is 10.5. The Morgan fingerprint density at radius 1 is 1.50 bits per heavy atom. The Labute approximate surface area is 101 Å². The van der Waals surface area contributed by atoms with Crippen molar-refractivity contribution in [1.82, 2.24) is 10.3 Å². The van der Waals surface area contributed by atoms with Crippen molar-refractivity contribution in [1.29, 1.82) is 0 Å². The van der Waals surface area contributed by atoms with Gasteiger partial charge >= 0.3 is 0 Å². The molecule has 0 unspecified atom stereocenters. The summed E-state index contributed by atoms with van der Waals surface area (Å²) in [5, 5.41) is 3.61. The highest BCUT2D eigenvalue weighted by Gasteiger charge is 2.19. The smallest absolute Gasteiger partial charge is 0.0798 e. The maximum atomic E-state index is 5.44. The highest BCUT2D eigenvalue weighted by atomic mass is 32.1. The number of hydrogen-bond acceptors (Lipinski definition) is 3. The van der Waals surface area contributed by atoms with Gasteiger partial charge in [0.25, 0.3) is 0 Å². The maximum Gasteiger partial charge on any atom is 0.0798 e. The van der Waals surface area contributed by atoms with Crippen LogP contribution in [-0.2, 0) is 6.54 Å². The topological polar surface area (TPSA) is 24.9 Å². The first-order chi connectivity index (χ1) is 7.79. The van der Waals surface area contributed by atoms with E-state index in [1.165, 1.54) is 30.6 Å². The van der Waals surface area contributed by atoms with E-state index < -0.39 is 0 Å². The lowest BCUT2D eigenvalue weighted by atomic mass is 9.86. The van der Waals surface area contributed by atoms with Gasteiger partial charge in [0, 0.05) is 23.4 Å². The van der Waals surface area contributed by atoms with Crippen LogP contribution in [0.15, 0.2) is 5.51 Å². The van der Waals surface area contributed by atoms with Gasteiger partial charge in [-0.2, -0.15) is 0 Å². The van der Waals surface area contributed by atoms with Crippen molar-refractivity contribution < 1.29 is 0 Å². The van der Waals surface area contributed by atoms with Gasteiger partial charge in [0.1, 0.15) is 0 Å². The number of rotatable bonds is 3. The fourth-order valence-corrected chi connectivity index (χ4v) is 2.93. The third-order valence-electron chi connectivity index (χ3n) is 3.36. The average molecular weight is 234 g/mol. The largest absolute Gasteiger partial charge is 0.309 e. The number of nitrogens with zero attached hydrogens (tertiary/aromatic N) is 1. The summed E-state index contributed by atoms with van der Waals surface area (Å²) in [7, 11) is 0. The third kappa shape index (κ3) is 2.84. The van der Waals surface area contributed by atoms with Gasteiger partial charge in [0.2, 0.25) is 0 Å².